The molecule has 1 fully saturated rings. The SMILES string of the molecule is C=CC(=NC(=C)/C(C=CC)=C/C(=C)C1CC1)[C@H](C)Nc1cccc(F)c1. The van der Waals surface area contributed by atoms with Crippen molar-refractivity contribution in [3.63, 3.8) is 0 Å². The smallest absolute Gasteiger partial charge is 0.125 e. The molecule has 0 saturated heterocycles. The molecule has 2 rings (SSSR count). The number of hydrogen-bond donors (Lipinski definition) is 1. The van der Waals surface area contributed by atoms with Crippen LogP contribution >= 0.6 is 0 Å². The fraction of sp³-hybridized carbons (Fsp3) is 0.261. The van der Waals surface area contributed by atoms with E-state index < -0.39 is 0 Å². The summed E-state index contributed by atoms with van der Waals surface area (Å²) in [6.07, 6.45) is 10.1. The average Bonchev–Trinajstić information content (AvgIpc) is 3.44. The van der Waals surface area contributed by atoms with Crippen LogP contribution in [-0.4, -0.2) is 11.8 Å². The number of nitrogens with one attached hydrogen (secondary N) is 1. The molecule has 2 nitrogen and oxygen atoms in total. The maximum atomic E-state index is 13.4. The lowest BCUT2D eigenvalue weighted by Gasteiger charge is -2.16. The monoisotopic (exact) mass is 350 g/mol. The number of aliphatic imine (C=N–C) groups is 1. The van der Waals surface area contributed by atoms with Crippen LogP contribution < -0.4 is 5.32 Å². The molecule has 0 heterocycles. The van der Waals surface area contributed by atoms with Crippen molar-refractivity contribution in [1.29, 1.82) is 0 Å². The molecule has 3 heteroatoms. The summed E-state index contributed by atoms with van der Waals surface area (Å²) < 4.78 is 13.4. The largest absolute Gasteiger partial charge is 0.377 e. The molecular weight excluding hydrogens is 323 g/mol. The van der Waals surface area contributed by atoms with Crippen LogP contribution in [-0.2, 0) is 0 Å². The van der Waals surface area contributed by atoms with Gasteiger partial charge in [-0.3, -0.25) is 4.99 Å². The lowest BCUT2D eigenvalue weighted by Crippen LogP contribution is -2.24. The third-order valence-electron chi connectivity index (χ3n) is 4.25. The predicted molar refractivity (Wildman–Crippen MR) is 111 cm³/mol. The highest BCUT2D eigenvalue weighted by Crippen LogP contribution is 2.37. The van der Waals surface area contributed by atoms with Crippen LogP contribution in [0.5, 0.6) is 0 Å². The number of anilines is 1. The summed E-state index contributed by atoms with van der Waals surface area (Å²) in [6, 6.07) is 6.23. The van der Waals surface area contributed by atoms with Crippen molar-refractivity contribution in [2.75, 3.05) is 5.32 Å². The van der Waals surface area contributed by atoms with Crippen LogP contribution in [0.2, 0.25) is 0 Å². The number of benzene rings is 1. The second kappa shape index (κ2) is 9.14. The minimum Gasteiger partial charge on any atom is -0.377 e. The highest BCUT2D eigenvalue weighted by Gasteiger charge is 2.23. The number of allylic oxidation sites excluding steroid dienone is 4. The zero-order valence-electron chi connectivity index (χ0n) is 15.6. The van der Waals surface area contributed by atoms with E-state index in [1.165, 1.54) is 25.0 Å². The minimum atomic E-state index is -0.277. The first-order valence-corrected chi connectivity index (χ1v) is 8.90. The Labute approximate surface area is 156 Å². The molecule has 1 aromatic rings. The fourth-order valence-corrected chi connectivity index (χ4v) is 2.62. The summed E-state index contributed by atoms with van der Waals surface area (Å²) in [5.74, 6) is 0.320. The van der Waals surface area contributed by atoms with Crippen molar-refractivity contribution in [2.45, 2.75) is 32.7 Å². The molecule has 0 bridgehead atoms. The van der Waals surface area contributed by atoms with E-state index in [-0.39, 0.29) is 11.9 Å². The van der Waals surface area contributed by atoms with E-state index in [0.717, 1.165) is 16.9 Å². The van der Waals surface area contributed by atoms with Crippen molar-refractivity contribution < 1.29 is 4.39 Å². The van der Waals surface area contributed by atoms with E-state index in [4.69, 9.17) is 0 Å². The highest BCUT2D eigenvalue weighted by atomic mass is 19.1. The summed E-state index contributed by atoms with van der Waals surface area (Å²) in [6.45, 7) is 16.0. The van der Waals surface area contributed by atoms with Crippen LogP contribution in [0.3, 0.4) is 0 Å². The van der Waals surface area contributed by atoms with Crippen LogP contribution in [0.1, 0.15) is 26.7 Å². The molecule has 26 heavy (non-hydrogen) atoms. The summed E-state index contributed by atoms with van der Waals surface area (Å²) in [5, 5.41) is 3.24. The summed E-state index contributed by atoms with van der Waals surface area (Å²) in [5.41, 5.74) is 4.17. The van der Waals surface area contributed by atoms with Crippen molar-refractivity contribution >= 4 is 11.4 Å². The van der Waals surface area contributed by atoms with Gasteiger partial charge in [-0.05, 0) is 68.5 Å². The Morgan fingerprint density at radius 3 is 2.65 bits per heavy atom. The van der Waals surface area contributed by atoms with Crippen LogP contribution in [0.4, 0.5) is 10.1 Å². The van der Waals surface area contributed by atoms with Crippen molar-refractivity contribution in [3.8, 4) is 0 Å². The fourth-order valence-electron chi connectivity index (χ4n) is 2.62. The quantitative estimate of drug-likeness (QED) is 0.414. The number of hydrogen-bond acceptors (Lipinski definition) is 2. The van der Waals surface area contributed by atoms with Crippen molar-refractivity contribution in [3.05, 3.63) is 91.0 Å². The van der Waals surface area contributed by atoms with Gasteiger partial charge in [-0.2, -0.15) is 0 Å². The molecule has 1 atom stereocenters. The highest BCUT2D eigenvalue weighted by molar-refractivity contribution is 6.01. The first-order valence-electron chi connectivity index (χ1n) is 8.90. The van der Waals surface area contributed by atoms with Gasteiger partial charge in [-0.25, -0.2) is 4.39 Å². The molecule has 1 aliphatic carbocycles. The van der Waals surface area contributed by atoms with Crippen molar-refractivity contribution in [1.82, 2.24) is 0 Å². The van der Waals surface area contributed by atoms with Crippen LogP contribution in [0.15, 0.2) is 90.1 Å². The zero-order valence-corrected chi connectivity index (χ0v) is 15.6. The second-order valence-electron chi connectivity index (χ2n) is 6.51. The normalized spacial score (nSPS) is 16.4. The van der Waals surface area contributed by atoms with Gasteiger partial charge in [0.15, 0.2) is 0 Å². The molecule has 1 saturated carbocycles. The number of halogens is 1. The first-order chi connectivity index (χ1) is 12.4. The Morgan fingerprint density at radius 2 is 2.08 bits per heavy atom. The van der Waals surface area contributed by atoms with Gasteiger partial charge in [-0.15, -0.1) is 0 Å². The Hall–Kier alpha value is -2.68. The predicted octanol–water partition coefficient (Wildman–Crippen LogP) is 6.24. The topological polar surface area (TPSA) is 24.4 Å². The van der Waals surface area contributed by atoms with Gasteiger partial charge >= 0.3 is 0 Å². The number of nitrogens with zero attached hydrogens (tertiary/aromatic N) is 1. The standard InChI is InChI=1S/C23H27FN2/c1-6-9-20(14-16(3)19-12-13-19)17(4)26-23(7-2)18(5)25-22-11-8-10-21(24)15-22/h6-11,14-15,18-19,25H,2-4,12-13H2,1,5H3/b9-6?,20-14+,26-23?/t18-/m0/s1. The van der Waals surface area contributed by atoms with Gasteiger partial charge in [0.05, 0.1) is 17.5 Å². The average molecular weight is 350 g/mol. The second-order valence-corrected chi connectivity index (χ2v) is 6.51. The molecule has 0 radical (unpaired) electrons. The van der Waals surface area contributed by atoms with Crippen molar-refractivity contribution in [2.24, 2.45) is 10.9 Å². The van der Waals surface area contributed by atoms with Gasteiger partial charge in [0.25, 0.3) is 0 Å². The lowest BCUT2D eigenvalue weighted by molar-refractivity contribution is 0.628. The molecule has 1 N–H and O–H groups in total. The third-order valence-corrected chi connectivity index (χ3v) is 4.25. The maximum absolute atomic E-state index is 13.4. The zero-order chi connectivity index (χ0) is 19.1. The van der Waals surface area contributed by atoms with E-state index in [9.17, 15) is 4.39 Å². The summed E-state index contributed by atoms with van der Waals surface area (Å²) in [7, 11) is 0. The molecule has 1 aromatic carbocycles. The number of rotatable bonds is 9. The molecule has 0 spiro atoms. The van der Waals surface area contributed by atoms with Gasteiger partial charge < -0.3 is 5.32 Å². The lowest BCUT2D eigenvalue weighted by atomic mass is 10.1. The van der Waals surface area contributed by atoms with E-state index in [1.807, 2.05) is 32.1 Å². The Bertz CT molecular complexity index is 779. The van der Waals surface area contributed by atoms with Gasteiger partial charge in [0.1, 0.15) is 5.82 Å². The third kappa shape index (κ3) is 5.69. The summed E-state index contributed by atoms with van der Waals surface area (Å²) in [4.78, 5) is 4.65. The van der Waals surface area contributed by atoms with Crippen LogP contribution in [0, 0.1) is 11.7 Å². The van der Waals surface area contributed by atoms with Crippen LogP contribution in [0.25, 0.3) is 0 Å². The Kier molecular flexibility index (Phi) is 6.90. The van der Waals surface area contributed by atoms with E-state index in [0.29, 0.717) is 17.3 Å². The molecular formula is C23H27FN2. The van der Waals surface area contributed by atoms with E-state index in [2.05, 4.69) is 36.1 Å². The molecule has 0 aliphatic heterocycles. The molecule has 0 unspecified atom stereocenters. The van der Waals surface area contributed by atoms with Gasteiger partial charge in [0, 0.05) is 5.69 Å². The molecule has 136 valence electrons. The molecule has 0 aromatic heterocycles. The van der Waals surface area contributed by atoms with Gasteiger partial charge in [0.2, 0.25) is 0 Å². The Balaban J connectivity index is 2.17. The van der Waals surface area contributed by atoms with E-state index >= 15 is 0 Å². The minimum absolute atomic E-state index is 0.135. The maximum Gasteiger partial charge on any atom is 0.125 e. The Morgan fingerprint density at radius 1 is 1.35 bits per heavy atom. The molecule has 0 amide bonds. The molecule has 1 aliphatic rings. The first kappa shape index (κ1) is 19.6. The summed E-state index contributed by atoms with van der Waals surface area (Å²) >= 11 is 0. The van der Waals surface area contributed by atoms with E-state index in [1.54, 1.807) is 12.1 Å². The van der Waals surface area contributed by atoms with Gasteiger partial charge in [-0.1, -0.05) is 43.5 Å².